The van der Waals surface area contributed by atoms with Crippen molar-refractivity contribution in [3.05, 3.63) is 75.7 Å². The van der Waals surface area contributed by atoms with Gasteiger partial charge in [-0.1, -0.05) is 42.1 Å². The molecule has 1 atom stereocenters. The van der Waals surface area contributed by atoms with Crippen molar-refractivity contribution in [2.24, 2.45) is 0 Å². The Bertz CT molecular complexity index is 1400. The van der Waals surface area contributed by atoms with E-state index in [4.69, 9.17) is 4.98 Å². The lowest BCUT2D eigenvalue weighted by molar-refractivity contribution is -0.116. The Balaban J connectivity index is 1.46. The molecule has 0 saturated heterocycles. The highest BCUT2D eigenvalue weighted by atomic mass is 32.2. The van der Waals surface area contributed by atoms with Crippen molar-refractivity contribution in [2.45, 2.75) is 38.4 Å². The van der Waals surface area contributed by atoms with Gasteiger partial charge in [0.2, 0.25) is 5.91 Å². The van der Waals surface area contributed by atoms with Crippen molar-refractivity contribution in [1.29, 1.82) is 0 Å². The van der Waals surface area contributed by atoms with E-state index in [0.717, 1.165) is 28.1 Å². The molecule has 1 aliphatic heterocycles. The number of nitrogens with one attached hydrogen (secondary N) is 1. The number of aromatic nitrogens is 4. The molecule has 8 heteroatoms. The molecule has 2 aromatic heterocycles. The summed E-state index contributed by atoms with van der Waals surface area (Å²) in [6.07, 6.45) is 1.78. The molecular weight excluding hydrogens is 422 g/mol. The number of benzene rings is 2. The van der Waals surface area contributed by atoms with E-state index in [1.807, 2.05) is 63.2 Å². The monoisotopic (exact) mass is 445 g/mol. The van der Waals surface area contributed by atoms with Crippen LogP contribution in [-0.4, -0.2) is 31.0 Å². The van der Waals surface area contributed by atoms with Crippen LogP contribution in [0.2, 0.25) is 0 Å². The predicted molar refractivity (Wildman–Crippen MR) is 127 cm³/mol. The average molecular weight is 446 g/mol. The fourth-order valence-electron chi connectivity index (χ4n) is 4.15. The Kier molecular flexibility index (Phi) is 5.09. The van der Waals surface area contributed by atoms with Gasteiger partial charge in [-0.25, -0.2) is 9.67 Å². The van der Waals surface area contributed by atoms with E-state index >= 15 is 0 Å². The molecule has 1 amide bonds. The van der Waals surface area contributed by atoms with E-state index in [2.05, 4.69) is 10.4 Å². The van der Waals surface area contributed by atoms with Gasteiger partial charge >= 0.3 is 0 Å². The van der Waals surface area contributed by atoms with E-state index in [-0.39, 0.29) is 23.9 Å². The summed E-state index contributed by atoms with van der Waals surface area (Å²) in [5.41, 5.74) is 5.23. The maximum Gasteiger partial charge on any atom is 0.265 e. The van der Waals surface area contributed by atoms with E-state index in [1.165, 1.54) is 11.8 Å². The van der Waals surface area contributed by atoms with E-state index in [0.29, 0.717) is 21.9 Å². The Morgan fingerprint density at radius 3 is 2.66 bits per heavy atom. The van der Waals surface area contributed by atoms with Crippen molar-refractivity contribution >= 4 is 34.4 Å². The fraction of sp³-hybridized carbons (Fsp3) is 0.250. The van der Waals surface area contributed by atoms with E-state index in [1.54, 1.807) is 15.4 Å². The van der Waals surface area contributed by atoms with Crippen LogP contribution in [0.3, 0.4) is 0 Å². The first-order valence-electron chi connectivity index (χ1n) is 10.5. The van der Waals surface area contributed by atoms with Gasteiger partial charge in [0.15, 0.2) is 10.8 Å². The molecule has 0 radical (unpaired) electrons. The third-order valence-corrected chi connectivity index (χ3v) is 6.88. The standard InChI is InChI=1S/C24H23N5O2S/c1-14-6-4-9-17(10-14)29-22-19(12-25-29)23(31)28-18(13-32-24(28)27-22)11-20(30)26-21-15(2)7-5-8-16(21)3/h4-10,12,18H,11,13H2,1-3H3,(H,26,30). The van der Waals surface area contributed by atoms with Crippen molar-refractivity contribution in [1.82, 2.24) is 19.3 Å². The van der Waals surface area contributed by atoms with Gasteiger partial charge < -0.3 is 5.32 Å². The molecule has 0 fully saturated rings. The van der Waals surface area contributed by atoms with Crippen LogP contribution in [0, 0.1) is 20.8 Å². The van der Waals surface area contributed by atoms with Crippen molar-refractivity contribution < 1.29 is 4.79 Å². The lowest BCUT2D eigenvalue weighted by Crippen LogP contribution is -2.28. The van der Waals surface area contributed by atoms with Gasteiger partial charge in [0.1, 0.15) is 5.39 Å². The number of hydrogen-bond donors (Lipinski definition) is 1. The van der Waals surface area contributed by atoms with Gasteiger partial charge in [0.25, 0.3) is 5.56 Å². The molecule has 5 rings (SSSR count). The van der Waals surface area contributed by atoms with Gasteiger partial charge in [-0.3, -0.25) is 14.2 Å². The van der Waals surface area contributed by atoms with Crippen molar-refractivity contribution in [3.63, 3.8) is 0 Å². The largest absolute Gasteiger partial charge is 0.326 e. The highest BCUT2D eigenvalue weighted by Gasteiger charge is 2.29. The molecule has 1 N–H and O–H groups in total. The quantitative estimate of drug-likeness (QED) is 0.477. The summed E-state index contributed by atoms with van der Waals surface area (Å²) in [5.74, 6) is 0.524. The first kappa shape index (κ1) is 20.5. The van der Waals surface area contributed by atoms with Crippen LogP contribution in [0.5, 0.6) is 0 Å². The highest BCUT2D eigenvalue weighted by Crippen LogP contribution is 2.34. The maximum atomic E-state index is 13.3. The molecule has 0 spiro atoms. The van der Waals surface area contributed by atoms with E-state index < -0.39 is 0 Å². The lowest BCUT2D eigenvalue weighted by atomic mass is 10.1. The van der Waals surface area contributed by atoms with Crippen LogP contribution < -0.4 is 10.9 Å². The number of fused-ring (bicyclic) bond motifs is 2. The summed E-state index contributed by atoms with van der Waals surface area (Å²) >= 11 is 1.50. The number of para-hydroxylation sites is 1. The zero-order valence-corrected chi connectivity index (χ0v) is 18.9. The summed E-state index contributed by atoms with van der Waals surface area (Å²) in [6, 6.07) is 13.6. The van der Waals surface area contributed by atoms with Gasteiger partial charge in [-0.2, -0.15) is 5.10 Å². The number of carbonyl (C=O) groups is 1. The van der Waals surface area contributed by atoms with Gasteiger partial charge in [0.05, 0.1) is 17.9 Å². The molecule has 32 heavy (non-hydrogen) atoms. The minimum absolute atomic E-state index is 0.108. The summed E-state index contributed by atoms with van der Waals surface area (Å²) in [7, 11) is 0. The molecule has 1 unspecified atom stereocenters. The number of anilines is 1. The second-order valence-corrected chi connectivity index (χ2v) is 9.17. The van der Waals surface area contributed by atoms with Crippen LogP contribution >= 0.6 is 11.8 Å². The first-order valence-corrected chi connectivity index (χ1v) is 11.5. The van der Waals surface area contributed by atoms with Crippen LogP contribution in [0.25, 0.3) is 16.7 Å². The van der Waals surface area contributed by atoms with Crippen LogP contribution in [0.4, 0.5) is 5.69 Å². The number of thioether (sulfide) groups is 1. The number of amides is 1. The molecule has 4 aromatic rings. The third kappa shape index (κ3) is 3.50. The van der Waals surface area contributed by atoms with Gasteiger partial charge in [0, 0.05) is 17.9 Å². The molecule has 7 nitrogen and oxygen atoms in total. The number of aryl methyl sites for hydroxylation is 3. The third-order valence-electron chi connectivity index (χ3n) is 5.78. The number of rotatable bonds is 4. The first-order chi connectivity index (χ1) is 15.4. The predicted octanol–water partition coefficient (Wildman–Crippen LogP) is 4.18. The number of hydrogen-bond acceptors (Lipinski definition) is 5. The minimum Gasteiger partial charge on any atom is -0.326 e. The normalized spacial score (nSPS) is 15.2. The number of nitrogens with zero attached hydrogens (tertiary/aromatic N) is 4. The molecule has 2 aromatic carbocycles. The topological polar surface area (TPSA) is 81.8 Å². The van der Waals surface area contributed by atoms with Crippen molar-refractivity contribution in [2.75, 3.05) is 11.1 Å². The van der Waals surface area contributed by atoms with Crippen LogP contribution in [-0.2, 0) is 4.79 Å². The lowest BCUT2D eigenvalue weighted by Gasteiger charge is -2.15. The summed E-state index contributed by atoms with van der Waals surface area (Å²) in [6.45, 7) is 5.96. The Labute approximate surface area is 189 Å². The fourth-order valence-corrected chi connectivity index (χ4v) is 5.28. The maximum absolute atomic E-state index is 13.3. The van der Waals surface area contributed by atoms with Crippen LogP contribution in [0.1, 0.15) is 29.2 Å². The molecule has 0 aliphatic carbocycles. The summed E-state index contributed by atoms with van der Waals surface area (Å²) < 4.78 is 3.35. The van der Waals surface area contributed by atoms with Crippen LogP contribution in [0.15, 0.2) is 58.6 Å². The van der Waals surface area contributed by atoms with Crippen molar-refractivity contribution in [3.8, 4) is 5.69 Å². The second-order valence-electron chi connectivity index (χ2n) is 8.19. The zero-order valence-electron chi connectivity index (χ0n) is 18.1. The highest BCUT2D eigenvalue weighted by molar-refractivity contribution is 7.99. The zero-order chi connectivity index (χ0) is 22.4. The Morgan fingerprint density at radius 2 is 1.91 bits per heavy atom. The second kappa shape index (κ2) is 7.94. The Hall–Kier alpha value is -3.39. The average Bonchev–Trinajstić information content (AvgIpc) is 3.36. The Morgan fingerprint density at radius 1 is 1.16 bits per heavy atom. The van der Waals surface area contributed by atoms with E-state index in [9.17, 15) is 9.59 Å². The molecule has 3 heterocycles. The summed E-state index contributed by atoms with van der Waals surface area (Å²) in [4.78, 5) is 30.9. The molecule has 0 bridgehead atoms. The summed E-state index contributed by atoms with van der Waals surface area (Å²) in [5, 5.41) is 8.53. The molecular formula is C24H23N5O2S. The smallest absolute Gasteiger partial charge is 0.265 e. The minimum atomic E-state index is -0.244. The molecule has 162 valence electrons. The van der Waals surface area contributed by atoms with Gasteiger partial charge in [-0.15, -0.1) is 0 Å². The SMILES string of the molecule is Cc1cccc(-n2ncc3c(=O)n4c(nc32)SCC4CC(=O)Nc2c(C)cccc2C)c1. The van der Waals surface area contributed by atoms with Gasteiger partial charge in [-0.05, 0) is 49.6 Å². The number of carbonyl (C=O) groups excluding carboxylic acids is 1. The molecule has 1 aliphatic rings. The molecule has 0 saturated carbocycles.